The van der Waals surface area contributed by atoms with Crippen LogP contribution in [0.25, 0.3) is 11.1 Å². The second-order valence-corrected chi connectivity index (χ2v) is 5.08. The Morgan fingerprint density at radius 2 is 1.95 bits per heavy atom. The summed E-state index contributed by atoms with van der Waals surface area (Å²) in [5, 5.41) is 0.0617. The molecule has 0 fully saturated rings. The van der Waals surface area contributed by atoms with E-state index in [1.54, 1.807) is 24.3 Å². The van der Waals surface area contributed by atoms with Gasteiger partial charge in [0, 0.05) is 11.1 Å². The average Bonchev–Trinajstić information content (AvgIpc) is 2.42. The Balaban J connectivity index is 2.56. The molecule has 0 amide bonds. The second-order valence-electron chi connectivity index (χ2n) is 4.67. The minimum absolute atomic E-state index is 0.0204. The first-order valence-corrected chi connectivity index (χ1v) is 6.60. The van der Waals surface area contributed by atoms with Gasteiger partial charge in [0.25, 0.3) is 0 Å². The van der Waals surface area contributed by atoms with Crippen molar-refractivity contribution < 1.29 is 13.9 Å². The molecule has 0 spiro atoms. The van der Waals surface area contributed by atoms with Crippen molar-refractivity contribution in [2.24, 2.45) is 0 Å². The molecule has 0 saturated carbocycles. The first kappa shape index (κ1) is 14.5. The number of rotatable bonds is 4. The van der Waals surface area contributed by atoms with Crippen LogP contribution >= 0.6 is 11.6 Å². The van der Waals surface area contributed by atoms with E-state index in [1.165, 1.54) is 12.1 Å². The molecule has 2 aromatic carbocycles. The topological polar surface area (TPSA) is 26.3 Å². The summed E-state index contributed by atoms with van der Waals surface area (Å²) in [5.41, 5.74) is 1.79. The van der Waals surface area contributed by atoms with E-state index in [-0.39, 0.29) is 11.1 Å². The van der Waals surface area contributed by atoms with Gasteiger partial charge in [-0.3, -0.25) is 4.79 Å². The van der Waals surface area contributed by atoms with Gasteiger partial charge < -0.3 is 4.74 Å². The number of benzene rings is 2. The number of carbonyl (C=O) groups is 1. The molecule has 0 N–H and O–H groups in total. The monoisotopic (exact) mass is 292 g/mol. The molecule has 2 aromatic rings. The predicted molar refractivity (Wildman–Crippen MR) is 78.0 cm³/mol. The van der Waals surface area contributed by atoms with Gasteiger partial charge in [0.15, 0.2) is 0 Å². The van der Waals surface area contributed by atoms with Gasteiger partial charge in [0.1, 0.15) is 17.9 Å². The van der Waals surface area contributed by atoms with E-state index in [9.17, 15) is 9.18 Å². The summed E-state index contributed by atoms with van der Waals surface area (Å²) in [5.74, 6) is 0.100. The first-order chi connectivity index (χ1) is 9.51. The van der Waals surface area contributed by atoms with Crippen LogP contribution in [0.2, 0.25) is 5.02 Å². The zero-order valence-electron chi connectivity index (χ0n) is 11.2. The van der Waals surface area contributed by atoms with Crippen LogP contribution in [0.3, 0.4) is 0 Å². The lowest BCUT2D eigenvalue weighted by Crippen LogP contribution is -2.06. The number of halogens is 2. The maximum absolute atomic E-state index is 13.6. The second kappa shape index (κ2) is 6.06. The molecule has 2 rings (SSSR count). The molecule has 104 valence electrons. The average molecular weight is 293 g/mol. The van der Waals surface area contributed by atoms with Crippen molar-refractivity contribution in [1.82, 2.24) is 0 Å². The Morgan fingerprint density at radius 1 is 1.20 bits per heavy atom. The van der Waals surface area contributed by atoms with E-state index in [4.69, 9.17) is 16.3 Å². The molecule has 0 unspecified atom stereocenters. The molecule has 4 heteroatoms. The highest BCUT2D eigenvalue weighted by Crippen LogP contribution is 2.33. The lowest BCUT2D eigenvalue weighted by atomic mass is 10.0. The van der Waals surface area contributed by atoms with Gasteiger partial charge in [0.2, 0.25) is 0 Å². The molecule has 0 saturated heterocycles. The Labute approximate surface area is 122 Å². The zero-order chi connectivity index (χ0) is 14.7. The third-order valence-electron chi connectivity index (χ3n) is 2.73. The summed E-state index contributed by atoms with van der Waals surface area (Å²) in [4.78, 5) is 10.9. The van der Waals surface area contributed by atoms with Gasteiger partial charge in [-0.05, 0) is 49.7 Å². The van der Waals surface area contributed by atoms with Crippen LogP contribution in [0.5, 0.6) is 5.75 Å². The van der Waals surface area contributed by atoms with Gasteiger partial charge in [-0.15, -0.1) is 0 Å². The SMILES string of the molecule is CC(C)Oc1ccc(C=O)cc1-c1ccc(Cl)c(F)c1. The van der Waals surface area contributed by atoms with Crippen molar-refractivity contribution in [3.63, 3.8) is 0 Å². The zero-order valence-corrected chi connectivity index (χ0v) is 11.9. The van der Waals surface area contributed by atoms with E-state index in [0.717, 1.165) is 6.29 Å². The third kappa shape index (κ3) is 3.17. The fraction of sp³-hybridized carbons (Fsp3) is 0.188. The van der Waals surface area contributed by atoms with Gasteiger partial charge in [0.05, 0.1) is 11.1 Å². The number of ether oxygens (including phenoxy) is 1. The maximum Gasteiger partial charge on any atom is 0.150 e. The maximum atomic E-state index is 13.6. The van der Waals surface area contributed by atoms with E-state index in [2.05, 4.69) is 0 Å². The summed E-state index contributed by atoms with van der Waals surface area (Å²) >= 11 is 5.69. The number of aldehydes is 1. The van der Waals surface area contributed by atoms with E-state index in [0.29, 0.717) is 22.4 Å². The summed E-state index contributed by atoms with van der Waals surface area (Å²) < 4.78 is 19.3. The highest BCUT2D eigenvalue weighted by Gasteiger charge is 2.11. The van der Waals surface area contributed by atoms with Crippen LogP contribution < -0.4 is 4.74 Å². The number of carbonyl (C=O) groups excluding carboxylic acids is 1. The summed E-state index contributed by atoms with van der Waals surface area (Å²) in [6.45, 7) is 3.81. The Morgan fingerprint density at radius 3 is 2.55 bits per heavy atom. The summed E-state index contributed by atoms with van der Waals surface area (Å²) in [7, 11) is 0. The molecule has 0 radical (unpaired) electrons. The normalized spacial score (nSPS) is 10.7. The molecular formula is C16H14ClFO2. The van der Waals surface area contributed by atoms with Gasteiger partial charge in [-0.25, -0.2) is 4.39 Å². The smallest absolute Gasteiger partial charge is 0.150 e. The van der Waals surface area contributed by atoms with Crippen molar-refractivity contribution in [1.29, 1.82) is 0 Å². The highest BCUT2D eigenvalue weighted by molar-refractivity contribution is 6.30. The largest absolute Gasteiger partial charge is 0.490 e. The molecular weight excluding hydrogens is 279 g/mol. The molecule has 0 aromatic heterocycles. The van der Waals surface area contributed by atoms with Crippen LogP contribution in [0.4, 0.5) is 4.39 Å². The number of hydrogen-bond donors (Lipinski definition) is 0. The lowest BCUT2D eigenvalue weighted by Gasteiger charge is -2.15. The van der Waals surface area contributed by atoms with Crippen LogP contribution in [-0.2, 0) is 0 Å². The molecule has 0 atom stereocenters. The first-order valence-electron chi connectivity index (χ1n) is 6.22. The van der Waals surface area contributed by atoms with Gasteiger partial charge in [-0.2, -0.15) is 0 Å². The fourth-order valence-corrected chi connectivity index (χ4v) is 1.98. The van der Waals surface area contributed by atoms with Crippen LogP contribution in [0, 0.1) is 5.82 Å². The Kier molecular flexibility index (Phi) is 4.40. The van der Waals surface area contributed by atoms with Crippen LogP contribution in [-0.4, -0.2) is 12.4 Å². The molecule has 0 heterocycles. The Hall–Kier alpha value is -1.87. The van der Waals surface area contributed by atoms with Gasteiger partial charge >= 0.3 is 0 Å². The minimum Gasteiger partial charge on any atom is -0.490 e. The van der Waals surface area contributed by atoms with E-state index < -0.39 is 5.82 Å². The highest BCUT2D eigenvalue weighted by atomic mass is 35.5. The molecule has 0 aliphatic heterocycles. The predicted octanol–water partition coefficient (Wildman–Crippen LogP) is 4.75. The molecule has 0 aliphatic carbocycles. The lowest BCUT2D eigenvalue weighted by molar-refractivity contribution is 0.112. The minimum atomic E-state index is -0.504. The molecule has 20 heavy (non-hydrogen) atoms. The Bertz CT molecular complexity index is 638. The third-order valence-corrected chi connectivity index (χ3v) is 3.04. The van der Waals surface area contributed by atoms with Crippen LogP contribution in [0.15, 0.2) is 36.4 Å². The fourth-order valence-electron chi connectivity index (χ4n) is 1.87. The van der Waals surface area contributed by atoms with Crippen molar-refractivity contribution in [2.45, 2.75) is 20.0 Å². The summed E-state index contributed by atoms with van der Waals surface area (Å²) in [6.07, 6.45) is 0.725. The van der Waals surface area contributed by atoms with Gasteiger partial charge in [-0.1, -0.05) is 17.7 Å². The van der Waals surface area contributed by atoms with Crippen molar-refractivity contribution in [3.05, 3.63) is 52.8 Å². The summed E-state index contributed by atoms with van der Waals surface area (Å²) in [6, 6.07) is 9.57. The van der Waals surface area contributed by atoms with E-state index in [1.807, 2.05) is 13.8 Å². The molecule has 0 bridgehead atoms. The van der Waals surface area contributed by atoms with Crippen LogP contribution in [0.1, 0.15) is 24.2 Å². The quantitative estimate of drug-likeness (QED) is 0.760. The van der Waals surface area contributed by atoms with Crippen molar-refractivity contribution in [2.75, 3.05) is 0 Å². The number of hydrogen-bond acceptors (Lipinski definition) is 2. The van der Waals surface area contributed by atoms with Crippen molar-refractivity contribution >= 4 is 17.9 Å². The van der Waals surface area contributed by atoms with E-state index >= 15 is 0 Å². The molecule has 0 aliphatic rings. The van der Waals surface area contributed by atoms with Crippen molar-refractivity contribution in [3.8, 4) is 16.9 Å². The standard InChI is InChI=1S/C16H14ClFO2/c1-10(2)20-16-6-3-11(9-19)7-13(16)12-4-5-14(17)15(18)8-12/h3-10H,1-2H3. The molecule has 2 nitrogen and oxygen atoms in total.